The van der Waals surface area contributed by atoms with E-state index in [2.05, 4.69) is 25.4 Å². The smallest absolute Gasteiger partial charge is 0.253 e. The van der Waals surface area contributed by atoms with Crippen molar-refractivity contribution in [3.8, 4) is 5.75 Å². The first-order chi connectivity index (χ1) is 19.1. The Morgan fingerprint density at radius 2 is 1.95 bits per heavy atom. The lowest BCUT2D eigenvalue weighted by Gasteiger charge is -2.31. The lowest BCUT2D eigenvalue weighted by atomic mass is 10.0. The van der Waals surface area contributed by atoms with Gasteiger partial charge >= 0.3 is 0 Å². The van der Waals surface area contributed by atoms with Crippen LogP contribution in [-0.2, 0) is 13.1 Å². The van der Waals surface area contributed by atoms with Crippen LogP contribution in [0.5, 0.6) is 5.75 Å². The zero-order chi connectivity index (χ0) is 26.8. The number of pyridine rings is 1. The minimum atomic E-state index is -0.545. The fourth-order valence-corrected chi connectivity index (χ4v) is 5.61. The summed E-state index contributed by atoms with van der Waals surface area (Å²) in [7, 11) is 1.61. The Hall–Kier alpha value is -3.95. The van der Waals surface area contributed by atoms with Gasteiger partial charge in [0.05, 0.1) is 31.5 Å². The van der Waals surface area contributed by atoms with E-state index in [1.165, 1.54) is 0 Å². The van der Waals surface area contributed by atoms with Gasteiger partial charge in [-0.15, -0.1) is 5.10 Å². The molecule has 5 aromatic rings. The zero-order valence-electron chi connectivity index (χ0n) is 21.6. The van der Waals surface area contributed by atoms with Gasteiger partial charge in [-0.05, 0) is 76.7 Å². The summed E-state index contributed by atoms with van der Waals surface area (Å²) < 4.78 is 13.0. The van der Waals surface area contributed by atoms with Crippen LogP contribution in [0.2, 0.25) is 5.02 Å². The van der Waals surface area contributed by atoms with E-state index in [-0.39, 0.29) is 11.6 Å². The topological polar surface area (TPSA) is 102 Å². The van der Waals surface area contributed by atoms with E-state index >= 15 is 0 Å². The van der Waals surface area contributed by atoms with Crippen LogP contribution in [0.25, 0.3) is 10.9 Å². The fourth-order valence-electron chi connectivity index (χ4n) is 5.48. The quantitative estimate of drug-likeness (QED) is 0.255. The third-order valence-corrected chi connectivity index (χ3v) is 7.66. The number of rotatable bonds is 9. The van der Waals surface area contributed by atoms with Gasteiger partial charge in [-0.1, -0.05) is 36.6 Å². The van der Waals surface area contributed by atoms with Crippen molar-refractivity contribution in [1.29, 1.82) is 0 Å². The van der Waals surface area contributed by atoms with E-state index in [1.807, 2.05) is 65.3 Å². The number of nitrogens with zero attached hydrogens (tertiary/aromatic N) is 5. The second-order valence-corrected chi connectivity index (χ2v) is 10.4. The molecule has 0 aliphatic heterocycles. The monoisotopic (exact) mass is 544 g/mol. The number of furan rings is 1. The van der Waals surface area contributed by atoms with Crippen LogP contribution >= 0.6 is 11.6 Å². The van der Waals surface area contributed by atoms with Crippen LogP contribution in [0.4, 0.5) is 0 Å². The first kappa shape index (κ1) is 25.3. The normalized spacial score (nSPS) is 14.8. The van der Waals surface area contributed by atoms with Gasteiger partial charge in [0.1, 0.15) is 17.6 Å². The SMILES string of the molecule is COc1ccc2cc([C@H](c3nnnn3C3CCCC3)N(Cc3ccc(Cl)cc3)Cc3ccco3)c(=O)[nH]c2c1. The summed E-state index contributed by atoms with van der Waals surface area (Å²) >= 11 is 6.18. The average molecular weight is 545 g/mol. The number of halogens is 1. The largest absolute Gasteiger partial charge is 0.497 e. The van der Waals surface area contributed by atoms with Crippen molar-refractivity contribution in [2.24, 2.45) is 0 Å². The summed E-state index contributed by atoms with van der Waals surface area (Å²) in [6.07, 6.45) is 5.94. The number of tetrazole rings is 1. The molecule has 3 heterocycles. The molecule has 1 atom stereocenters. The molecule has 1 aliphatic carbocycles. The van der Waals surface area contributed by atoms with E-state index in [0.717, 1.165) is 42.4 Å². The molecule has 10 heteroatoms. The van der Waals surface area contributed by atoms with Gasteiger partial charge in [0.15, 0.2) is 5.82 Å². The molecule has 0 unspecified atom stereocenters. The molecule has 200 valence electrons. The number of H-pyrrole nitrogens is 1. The predicted molar refractivity (Wildman–Crippen MR) is 148 cm³/mol. The number of aromatic amines is 1. The van der Waals surface area contributed by atoms with Crippen molar-refractivity contribution in [2.75, 3.05) is 7.11 Å². The predicted octanol–water partition coefficient (Wildman–Crippen LogP) is 5.68. The summed E-state index contributed by atoms with van der Waals surface area (Å²) in [5, 5.41) is 14.6. The molecule has 39 heavy (non-hydrogen) atoms. The van der Waals surface area contributed by atoms with E-state index in [4.69, 9.17) is 20.8 Å². The van der Waals surface area contributed by atoms with Crippen LogP contribution in [0, 0.1) is 0 Å². The molecule has 0 saturated heterocycles. The number of ether oxygens (including phenoxy) is 1. The van der Waals surface area contributed by atoms with Crippen LogP contribution < -0.4 is 10.3 Å². The van der Waals surface area contributed by atoms with E-state index in [9.17, 15) is 4.79 Å². The lowest BCUT2D eigenvalue weighted by Crippen LogP contribution is -2.35. The maximum atomic E-state index is 13.8. The maximum Gasteiger partial charge on any atom is 0.253 e. The van der Waals surface area contributed by atoms with Crippen LogP contribution in [0.1, 0.15) is 60.5 Å². The Balaban J connectivity index is 1.52. The molecular formula is C29H29ClN6O3. The summed E-state index contributed by atoms with van der Waals surface area (Å²) in [5.41, 5.74) is 2.09. The highest BCUT2D eigenvalue weighted by atomic mass is 35.5. The molecule has 0 spiro atoms. The van der Waals surface area contributed by atoms with Gasteiger partial charge in [0, 0.05) is 23.2 Å². The van der Waals surface area contributed by atoms with Gasteiger partial charge in [-0.2, -0.15) is 0 Å². The van der Waals surface area contributed by atoms with Crippen molar-refractivity contribution >= 4 is 22.5 Å². The first-order valence-electron chi connectivity index (χ1n) is 13.1. The van der Waals surface area contributed by atoms with Crippen LogP contribution in [0.15, 0.2) is 76.1 Å². The lowest BCUT2D eigenvalue weighted by molar-refractivity contribution is 0.176. The number of hydrogen-bond donors (Lipinski definition) is 1. The molecular weight excluding hydrogens is 516 g/mol. The first-order valence-corrected chi connectivity index (χ1v) is 13.5. The number of fused-ring (bicyclic) bond motifs is 1. The van der Waals surface area contributed by atoms with E-state index < -0.39 is 6.04 Å². The Morgan fingerprint density at radius 1 is 1.13 bits per heavy atom. The maximum absolute atomic E-state index is 13.8. The fraction of sp³-hybridized carbons (Fsp3) is 0.310. The minimum absolute atomic E-state index is 0.197. The molecule has 1 aliphatic rings. The highest BCUT2D eigenvalue weighted by Gasteiger charge is 2.34. The van der Waals surface area contributed by atoms with Crippen LogP contribution in [-0.4, -0.2) is 37.2 Å². The number of hydrogen-bond acceptors (Lipinski definition) is 7. The summed E-state index contributed by atoms with van der Waals surface area (Å²) in [6.45, 7) is 0.956. The Kier molecular flexibility index (Phi) is 7.17. The van der Waals surface area contributed by atoms with Crippen molar-refractivity contribution in [2.45, 2.75) is 50.9 Å². The Labute approximate surface area is 230 Å². The number of benzene rings is 2. The van der Waals surface area contributed by atoms with Crippen LogP contribution in [0.3, 0.4) is 0 Å². The van der Waals surface area contributed by atoms with E-state index in [0.29, 0.717) is 40.8 Å². The minimum Gasteiger partial charge on any atom is -0.497 e. The number of methoxy groups -OCH3 is 1. The second-order valence-electron chi connectivity index (χ2n) is 9.94. The number of nitrogens with one attached hydrogen (secondary N) is 1. The molecule has 1 saturated carbocycles. The molecule has 2 aromatic carbocycles. The summed E-state index contributed by atoms with van der Waals surface area (Å²) in [5.74, 6) is 2.09. The van der Waals surface area contributed by atoms with E-state index in [1.54, 1.807) is 13.4 Å². The van der Waals surface area contributed by atoms with Crippen molar-refractivity contribution < 1.29 is 9.15 Å². The molecule has 0 radical (unpaired) electrons. The van der Waals surface area contributed by atoms with Gasteiger partial charge in [-0.25, -0.2) is 4.68 Å². The van der Waals surface area contributed by atoms with Gasteiger partial charge in [0.25, 0.3) is 5.56 Å². The number of aromatic nitrogens is 5. The Bertz CT molecular complexity index is 1610. The average Bonchev–Trinajstić information content (AvgIpc) is 3.73. The van der Waals surface area contributed by atoms with Crippen molar-refractivity contribution in [3.05, 3.63) is 105 Å². The van der Waals surface area contributed by atoms with Crippen molar-refractivity contribution in [3.63, 3.8) is 0 Å². The second kappa shape index (κ2) is 11.0. The molecule has 1 fully saturated rings. The molecule has 3 aromatic heterocycles. The van der Waals surface area contributed by atoms with Gasteiger partial charge in [-0.3, -0.25) is 9.69 Å². The Morgan fingerprint density at radius 3 is 2.69 bits per heavy atom. The molecule has 0 bridgehead atoms. The highest BCUT2D eigenvalue weighted by molar-refractivity contribution is 6.30. The molecule has 9 nitrogen and oxygen atoms in total. The molecule has 1 N–H and O–H groups in total. The van der Waals surface area contributed by atoms with Gasteiger partial charge in [0.2, 0.25) is 0 Å². The van der Waals surface area contributed by atoms with Crippen molar-refractivity contribution in [1.82, 2.24) is 30.1 Å². The van der Waals surface area contributed by atoms with Gasteiger partial charge < -0.3 is 14.1 Å². The third-order valence-electron chi connectivity index (χ3n) is 7.41. The highest BCUT2D eigenvalue weighted by Crippen LogP contribution is 2.35. The summed E-state index contributed by atoms with van der Waals surface area (Å²) in [6, 6.07) is 18.8. The standard InChI is InChI=1S/C29H29ClN6O3/c1-38-23-13-10-20-15-25(29(37)31-26(20)16-23)27(28-32-33-34-36(28)22-5-2-3-6-22)35(18-24-7-4-14-39-24)17-19-8-11-21(30)12-9-19/h4,7-16,22,27H,2-3,5-6,17-18H2,1H3,(H,31,37)/t27-/m1/s1. The molecule has 6 rings (SSSR count). The third kappa shape index (κ3) is 5.32. The summed E-state index contributed by atoms with van der Waals surface area (Å²) in [4.78, 5) is 19.0. The molecule has 0 amide bonds. The zero-order valence-corrected chi connectivity index (χ0v) is 22.3.